The first-order chi connectivity index (χ1) is 7.77. The van der Waals surface area contributed by atoms with Gasteiger partial charge in [-0.05, 0) is 44.4 Å². The van der Waals surface area contributed by atoms with Gasteiger partial charge in [0, 0.05) is 31.8 Å². The van der Waals surface area contributed by atoms with Crippen LogP contribution in [0.4, 0.5) is 0 Å². The van der Waals surface area contributed by atoms with Crippen molar-refractivity contribution in [1.29, 1.82) is 0 Å². The molecule has 3 aliphatic carbocycles. The molecule has 0 unspecified atom stereocenters. The summed E-state index contributed by atoms with van der Waals surface area (Å²) in [6, 6.07) is 0.849. The molecule has 3 heteroatoms. The van der Waals surface area contributed by atoms with Gasteiger partial charge in [0.05, 0.1) is 6.10 Å². The minimum absolute atomic E-state index is 0.296. The molecule has 0 amide bonds. The van der Waals surface area contributed by atoms with E-state index in [9.17, 15) is 0 Å². The van der Waals surface area contributed by atoms with E-state index >= 15 is 0 Å². The monoisotopic (exact) mass is 224 g/mol. The van der Waals surface area contributed by atoms with Crippen molar-refractivity contribution in [2.24, 2.45) is 11.7 Å². The molecule has 0 aromatic rings. The van der Waals surface area contributed by atoms with Crippen LogP contribution in [-0.2, 0) is 4.74 Å². The molecule has 0 atom stereocenters. The van der Waals surface area contributed by atoms with Gasteiger partial charge >= 0.3 is 0 Å². The van der Waals surface area contributed by atoms with Crippen LogP contribution in [0.1, 0.15) is 38.5 Å². The molecule has 0 spiro atoms. The highest BCUT2D eigenvalue weighted by atomic mass is 16.5. The first-order valence-corrected chi connectivity index (χ1v) is 6.77. The van der Waals surface area contributed by atoms with Crippen molar-refractivity contribution in [2.75, 3.05) is 20.2 Å². The minimum Gasteiger partial charge on any atom is -0.381 e. The van der Waals surface area contributed by atoms with Crippen LogP contribution in [0.3, 0.4) is 0 Å². The largest absolute Gasteiger partial charge is 0.381 e. The fourth-order valence-corrected chi connectivity index (χ4v) is 3.17. The molecule has 0 radical (unpaired) electrons. The summed E-state index contributed by atoms with van der Waals surface area (Å²) >= 11 is 0. The highest BCUT2D eigenvalue weighted by Crippen LogP contribution is 2.46. The van der Waals surface area contributed by atoms with E-state index in [-0.39, 0.29) is 0 Å². The zero-order valence-corrected chi connectivity index (χ0v) is 10.3. The lowest BCUT2D eigenvalue weighted by molar-refractivity contribution is -0.0921. The second-order valence-corrected chi connectivity index (χ2v) is 6.02. The van der Waals surface area contributed by atoms with Gasteiger partial charge in [-0.15, -0.1) is 0 Å². The lowest BCUT2D eigenvalue weighted by Crippen LogP contribution is -2.64. The molecule has 3 nitrogen and oxygen atoms in total. The molecular weight excluding hydrogens is 200 g/mol. The molecule has 0 aromatic heterocycles. The summed E-state index contributed by atoms with van der Waals surface area (Å²) in [4.78, 5) is 2.75. The molecule has 92 valence electrons. The van der Waals surface area contributed by atoms with E-state index in [1.54, 1.807) is 0 Å². The molecule has 3 rings (SSSR count). The Bertz CT molecular complexity index is 255. The van der Waals surface area contributed by atoms with Crippen LogP contribution in [0.5, 0.6) is 0 Å². The average molecular weight is 224 g/mol. The van der Waals surface area contributed by atoms with E-state index in [1.807, 2.05) is 7.11 Å². The van der Waals surface area contributed by atoms with Gasteiger partial charge in [-0.25, -0.2) is 0 Å². The molecule has 3 saturated carbocycles. The Kier molecular flexibility index (Phi) is 2.73. The van der Waals surface area contributed by atoms with Crippen molar-refractivity contribution in [3.05, 3.63) is 0 Å². The molecule has 0 saturated heterocycles. The zero-order valence-electron chi connectivity index (χ0n) is 10.3. The second-order valence-electron chi connectivity index (χ2n) is 6.02. The number of nitrogens with two attached hydrogens (primary N) is 1. The Labute approximate surface area is 98.3 Å². The summed E-state index contributed by atoms with van der Waals surface area (Å²) in [7, 11) is 1.83. The van der Waals surface area contributed by atoms with E-state index < -0.39 is 0 Å². The number of nitrogens with zero attached hydrogens (tertiary/aromatic N) is 1. The van der Waals surface area contributed by atoms with E-state index in [4.69, 9.17) is 10.5 Å². The van der Waals surface area contributed by atoms with Crippen LogP contribution in [0, 0.1) is 5.92 Å². The van der Waals surface area contributed by atoms with Crippen LogP contribution in [0.2, 0.25) is 0 Å². The van der Waals surface area contributed by atoms with Gasteiger partial charge in [0.1, 0.15) is 0 Å². The number of hydrogen-bond acceptors (Lipinski definition) is 3. The second kappa shape index (κ2) is 3.97. The highest BCUT2D eigenvalue weighted by molar-refractivity contribution is 5.09. The Hall–Kier alpha value is -0.120. The normalized spacial score (nSPS) is 38.8. The van der Waals surface area contributed by atoms with E-state index in [2.05, 4.69) is 4.90 Å². The van der Waals surface area contributed by atoms with Crippen LogP contribution in [-0.4, -0.2) is 42.8 Å². The minimum atomic E-state index is 0.296. The molecule has 16 heavy (non-hydrogen) atoms. The van der Waals surface area contributed by atoms with E-state index in [1.165, 1.54) is 32.2 Å². The Balaban J connectivity index is 1.65. The van der Waals surface area contributed by atoms with Gasteiger partial charge < -0.3 is 10.5 Å². The SMILES string of the molecule is COC1CC(CN)(N(CC2CC2)C2CC2)C1. The molecule has 2 N–H and O–H groups in total. The molecular formula is C13H24N2O. The fraction of sp³-hybridized carbons (Fsp3) is 1.00. The third-order valence-corrected chi connectivity index (χ3v) is 4.68. The standard InChI is InChI=1S/C13H24N2O/c1-16-12-6-13(7-12,9-14)15(11-4-5-11)8-10-2-3-10/h10-12H,2-9,14H2,1H3. The van der Waals surface area contributed by atoms with E-state index in [0.717, 1.165) is 31.3 Å². The maximum atomic E-state index is 6.05. The first-order valence-electron chi connectivity index (χ1n) is 6.77. The van der Waals surface area contributed by atoms with Gasteiger partial charge in [-0.3, -0.25) is 4.90 Å². The third-order valence-electron chi connectivity index (χ3n) is 4.68. The smallest absolute Gasteiger partial charge is 0.0607 e. The molecule has 0 heterocycles. The van der Waals surface area contributed by atoms with E-state index in [0.29, 0.717) is 11.6 Å². The summed E-state index contributed by atoms with van der Waals surface area (Å²) in [5.41, 5.74) is 6.35. The average Bonchev–Trinajstić information content (AvgIpc) is 3.10. The zero-order chi connectivity index (χ0) is 11.2. The lowest BCUT2D eigenvalue weighted by atomic mass is 9.72. The van der Waals surface area contributed by atoms with Gasteiger partial charge in [0.15, 0.2) is 0 Å². The lowest BCUT2D eigenvalue weighted by Gasteiger charge is -2.54. The van der Waals surface area contributed by atoms with Crippen molar-refractivity contribution in [3.8, 4) is 0 Å². The molecule has 3 fully saturated rings. The van der Waals surface area contributed by atoms with Gasteiger partial charge in [-0.2, -0.15) is 0 Å². The van der Waals surface area contributed by atoms with Crippen LogP contribution < -0.4 is 5.73 Å². The summed E-state index contributed by atoms with van der Waals surface area (Å²) in [5.74, 6) is 0.977. The van der Waals surface area contributed by atoms with Crippen LogP contribution in [0.15, 0.2) is 0 Å². The van der Waals surface area contributed by atoms with Gasteiger partial charge in [0.2, 0.25) is 0 Å². The third kappa shape index (κ3) is 1.89. The Morgan fingerprint density at radius 2 is 1.94 bits per heavy atom. The summed E-state index contributed by atoms with van der Waals surface area (Å²) in [5, 5.41) is 0. The Morgan fingerprint density at radius 3 is 2.38 bits per heavy atom. The van der Waals surface area contributed by atoms with Gasteiger partial charge in [-0.1, -0.05) is 0 Å². The number of ether oxygens (including phenoxy) is 1. The van der Waals surface area contributed by atoms with Crippen molar-refractivity contribution < 1.29 is 4.74 Å². The molecule has 0 aromatic carbocycles. The highest BCUT2D eigenvalue weighted by Gasteiger charge is 2.52. The maximum absolute atomic E-state index is 6.05. The van der Waals surface area contributed by atoms with Crippen LogP contribution >= 0.6 is 0 Å². The number of hydrogen-bond donors (Lipinski definition) is 1. The van der Waals surface area contributed by atoms with Crippen molar-refractivity contribution >= 4 is 0 Å². The van der Waals surface area contributed by atoms with Gasteiger partial charge in [0.25, 0.3) is 0 Å². The Morgan fingerprint density at radius 1 is 1.25 bits per heavy atom. The predicted molar refractivity (Wildman–Crippen MR) is 64.3 cm³/mol. The summed E-state index contributed by atoms with van der Waals surface area (Å²) in [6.45, 7) is 2.12. The fourth-order valence-electron chi connectivity index (χ4n) is 3.17. The summed E-state index contributed by atoms with van der Waals surface area (Å²) in [6.07, 6.45) is 8.45. The topological polar surface area (TPSA) is 38.5 Å². The quantitative estimate of drug-likeness (QED) is 0.740. The first kappa shape index (κ1) is 11.0. The van der Waals surface area contributed by atoms with Crippen LogP contribution in [0.25, 0.3) is 0 Å². The number of rotatable bonds is 6. The summed E-state index contributed by atoms with van der Waals surface area (Å²) < 4.78 is 5.43. The molecule has 0 bridgehead atoms. The van der Waals surface area contributed by atoms with Crippen molar-refractivity contribution in [2.45, 2.75) is 56.2 Å². The van der Waals surface area contributed by atoms with Crippen molar-refractivity contribution in [1.82, 2.24) is 4.90 Å². The van der Waals surface area contributed by atoms with Crippen molar-refractivity contribution in [3.63, 3.8) is 0 Å². The number of methoxy groups -OCH3 is 1. The predicted octanol–water partition coefficient (Wildman–Crippen LogP) is 1.37. The maximum Gasteiger partial charge on any atom is 0.0607 e. The molecule has 3 aliphatic rings. The molecule has 0 aliphatic heterocycles.